The molecule has 0 unspecified atom stereocenters. The van der Waals surface area contributed by atoms with Crippen molar-refractivity contribution in [2.75, 3.05) is 0 Å². The van der Waals surface area contributed by atoms with Crippen molar-refractivity contribution >= 4 is 39.1 Å². The summed E-state index contributed by atoms with van der Waals surface area (Å²) >= 11 is 1.66. The van der Waals surface area contributed by atoms with E-state index in [1.807, 2.05) is 24.3 Å². The minimum absolute atomic E-state index is 0.103. The highest BCUT2D eigenvalue weighted by molar-refractivity contribution is 7.18. The van der Waals surface area contributed by atoms with Crippen LogP contribution in [0.5, 0.6) is 0 Å². The van der Waals surface area contributed by atoms with Crippen molar-refractivity contribution in [3.05, 3.63) is 69.2 Å². The van der Waals surface area contributed by atoms with Gasteiger partial charge in [0.05, 0.1) is 20.1 Å². The first-order valence-electron chi connectivity index (χ1n) is 8.71. The van der Waals surface area contributed by atoms with Crippen LogP contribution in [0, 0.1) is 10.1 Å². The van der Waals surface area contributed by atoms with Crippen LogP contribution in [0.2, 0.25) is 0 Å². The highest BCUT2D eigenvalue weighted by Gasteiger charge is 2.10. The summed E-state index contributed by atoms with van der Waals surface area (Å²) < 4.78 is 1.16. The monoisotopic (exact) mass is 398 g/mol. The van der Waals surface area contributed by atoms with Crippen molar-refractivity contribution in [2.45, 2.75) is 25.7 Å². The lowest BCUT2D eigenvalue weighted by molar-refractivity contribution is -0.384. The Kier molecular flexibility index (Phi) is 6.28. The number of carbonyl (C=O) groups is 2. The van der Waals surface area contributed by atoms with Crippen LogP contribution < -0.4 is 10.9 Å². The van der Waals surface area contributed by atoms with E-state index in [0.29, 0.717) is 6.42 Å². The molecule has 0 fully saturated rings. The summed E-state index contributed by atoms with van der Waals surface area (Å²) in [6, 6.07) is 13.1. The Morgan fingerprint density at radius 3 is 2.50 bits per heavy atom. The predicted octanol–water partition coefficient (Wildman–Crippen LogP) is 3.38. The first kappa shape index (κ1) is 19.4. The van der Waals surface area contributed by atoms with Gasteiger partial charge in [-0.2, -0.15) is 0 Å². The van der Waals surface area contributed by atoms with E-state index in [2.05, 4.69) is 15.8 Å². The molecule has 0 radical (unpaired) electrons. The average Bonchev–Trinajstić information content (AvgIpc) is 3.12. The van der Waals surface area contributed by atoms with Gasteiger partial charge in [-0.05, 0) is 43.5 Å². The molecule has 2 amide bonds. The Bertz CT molecular complexity index is 968. The maximum Gasteiger partial charge on any atom is 0.269 e. The first-order valence-corrected chi connectivity index (χ1v) is 9.52. The largest absolute Gasteiger partial charge is 0.273 e. The number of aromatic nitrogens is 1. The summed E-state index contributed by atoms with van der Waals surface area (Å²) in [4.78, 5) is 38.4. The molecule has 8 nitrogen and oxygen atoms in total. The Hall–Kier alpha value is -3.33. The smallest absolute Gasteiger partial charge is 0.269 e. The molecule has 1 heterocycles. The predicted molar refractivity (Wildman–Crippen MR) is 106 cm³/mol. The molecule has 3 rings (SSSR count). The lowest BCUT2D eigenvalue weighted by Gasteiger charge is -2.07. The zero-order chi connectivity index (χ0) is 19.9. The lowest BCUT2D eigenvalue weighted by Crippen LogP contribution is -2.41. The van der Waals surface area contributed by atoms with Crippen molar-refractivity contribution < 1.29 is 14.5 Å². The SMILES string of the molecule is O=C(CCCCc1nc2ccccc2s1)NNC(=O)c1ccc([N+](=O)[O-])cc1. The van der Waals surface area contributed by atoms with E-state index in [1.54, 1.807) is 11.3 Å². The Balaban J connectivity index is 1.37. The average molecular weight is 398 g/mol. The molecule has 144 valence electrons. The number of amides is 2. The quantitative estimate of drug-likeness (QED) is 0.360. The molecule has 0 aliphatic rings. The van der Waals surface area contributed by atoms with Crippen molar-refractivity contribution in [1.29, 1.82) is 0 Å². The highest BCUT2D eigenvalue weighted by Crippen LogP contribution is 2.22. The van der Waals surface area contributed by atoms with Gasteiger partial charge in [0.1, 0.15) is 0 Å². The molecule has 0 saturated heterocycles. The number of aryl methyl sites for hydroxylation is 1. The number of benzene rings is 2. The number of nitro benzene ring substituents is 1. The fourth-order valence-corrected chi connectivity index (χ4v) is 3.59. The molecule has 0 aliphatic carbocycles. The van der Waals surface area contributed by atoms with Gasteiger partial charge in [-0.25, -0.2) is 4.98 Å². The van der Waals surface area contributed by atoms with Crippen LogP contribution >= 0.6 is 11.3 Å². The number of non-ortho nitro benzene ring substituents is 1. The number of unbranched alkanes of at least 4 members (excludes halogenated alkanes) is 1. The van der Waals surface area contributed by atoms with E-state index in [0.717, 1.165) is 28.1 Å². The third kappa shape index (κ3) is 5.10. The Morgan fingerprint density at radius 1 is 1.04 bits per heavy atom. The van der Waals surface area contributed by atoms with Gasteiger partial charge in [-0.3, -0.25) is 30.6 Å². The molecule has 2 aromatic carbocycles. The van der Waals surface area contributed by atoms with Gasteiger partial charge in [0.25, 0.3) is 11.6 Å². The third-order valence-electron chi connectivity index (χ3n) is 4.04. The van der Waals surface area contributed by atoms with Gasteiger partial charge in [0.15, 0.2) is 0 Å². The number of para-hydroxylation sites is 1. The second-order valence-electron chi connectivity index (χ2n) is 6.09. The van der Waals surface area contributed by atoms with Crippen LogP contribution in [0.25, 0.3) is 10.2 Å². The van der Waals surface area contributed by atoms with Crippen LogP contribution in [0.1, 0.15) is 34.6 Å². The van der Waals surface area contributed by atoms with Crippen LogP contribution in [0.15, 0.2) is 48.5 Å². The number of fused-ring (bicyclic) bond motifs is 1. The molecule has 0 bridgehead atoms. The van der Waals surface area contributed by atoms with Crippen molar-refractivity contribution in [2.24, 2.45) is 0 Å². The number of nitrogens with zero attached hydrogens (tertiary/aromatic N) is 2. The van der Waals surface area contributed by atoms with Gasteiger partial charge in [0.2, 0.25) is 5.91 Å². The zero-order valence-corrected chi connectivity index (χ0v) is 15.7. The molecule has 9 heteroatoms. The molecular formula is C19H18N4O4S. The summed E-state index contributed by atoms with van der Waals surface area (Å²) in [5.74, 6) is -0.822. The fraction of sp³-hybridized carbons (Fsp3) is 0.211. The summed E-state index contributed by atoms with van der Waals surface area (Å²) in [7, 11) is 0. The zero-order valence-electron chi connectivity index (χ0n) is 14.9. The maximum atomic E-state index is 11.9. The second-order valence-corrected chi connectivity index (χ2v) is 7.20. The highest BCUT2D eigenvalue weighted by atomic mass is 32.1. The summed E-state index contributed by atoms with van der Waals surface area (Å²) in [6.45, 7) is 0. The van der Waals surface area contributed by atoms with Crippen LogP contribution in [0.4, 0.5) is 5.69 Å². The number of thiazole rings is 1. The Morgan fingerprint density at radius 2 is 1.79 bits per heavy atom. The first-order chi connectivity index (χ1) is 13.5. The van der Waals surface area contributed by atoms with Gasteiger partial charge >= 0.3 is 0 Å². The number of carbonyl (C=O) groups excluding carboxylic acids is 2. The van der Waals surface area contributed by atoms with Crippen molar-refractivity contribution in [3.63, 3.8) is 0 Å². The topological polar surface area (TPSA) is 114 Å². The summed E-state index contributed by atoms with van der Waals surface area (Å²) in [5, 5.41) is 11.7. The third-order valence-corrected chi connectivity index (χ3v) is 5.13. The van der Waals surface area contributed by atoms with Crippen molar-refractivity contribution in [1.82, 2.24) is 15.8 Å². The van der Waals surface area contributed by atoms with E-state index in [4.69, 9.17) is 0 Å². The standard InChI is InChI=1S/C19H18N4O4S/c24-17(21-22-19(25)13-9-11-14(12-10-13)23(26)27)7-3-4-8-18-20-15-5-1-2-6-16(15)28-18/h1-2,5-6,9-12H,3-4,7-8H2,(H,21,24)(H,22,25). The van der Waals surface area contributed by atoms with Gasteiger partial charge in [-0.15, -0.1) is 11.3 Å². The maximum absolute atomic E-state index is 11.9. The number of hydrogen-bond acceptors (Lipinski definition) is 6. The Labute approximate surface area is 164 Å². The normalized spacial score (nSPS) is 10.6. The lowest BCUT2D eigenvalue weighted by atomic mass is 10.2. The van der Waals surface area contributed by atoms with Crippen LogP contribution in [-0.2, 0) is 11.2 Å². The number of rotatable bonds is 7. The van der Waals surface area contributed by atoms with Gasteiger partial charge < -0.3 is 0 Å². The molecule has 0 saturated carbocycles. The van der Waals surface area contributed by atoms with E-state index in [1.165, 1.54) is 24.3 Å². The molecule has 0 aliphatic heterocycles. The van der Waals surface area contributed by atoms with E-state index in [-0.39, 0.29) is 23.6 Å². The molecule has 0 atom stereocenters. The summed E-state index contributed by atoms with van der Waals surface area (Å²) in [5.41, 5.74) is 5.77. The second kappa shape index (κ2) is 9.05. The van der Waals surface area contributed by atoms with Gasteiger partial charge in [0, 0.05) is 24.1 Å². The summed E-state index contributed by atoms with van der Waals surface area (Å²) in [6.07, 6.45) is 2.59. The molecule has 0 spiro atoms. The molecule has 2 N–H and O–H groups in total. The van der Waals surface area contributed by atoms with E-state index >= 15 is 0 Å². The number of hydrogen-bond donors (Lipinski definition) is 2. The molecular weight excluding hydrogens is 380 g/mol. The number of nitrogens with one attached hydrogen (secondary N) is 2. The molecule has 1 aromatic heterocycles. The van der Waals surface area contributed by atoms with E-state index < -0.39 is 10.8 Å². The van der Waals surface area contributed by atoms with Crippen molar-refractivity contribution in [3.8, 4) is 0 Å². The van der Waals surface area contributed by atoms with Crippen LogP contribution in [-0.4, -0.2) is 21.7 Å². The number of hydrazine groups is 1. The van der Waals surface area contributed by atoms with E-state index in [9.17, 15) is 19.7 Å². The molecule has 3 aromatic rings. The molecule has 28 heavy (non-hydrogen) atoms. The minimum Gasteiger partial charge on any atom is -0.273 e. The minimum atomic E-state index is -0.544. The van der Waals surface area contributed by atoms with Gasteiger partial charge in [-0.1, -0.05) is 12.1 Å². The van der Waals surface area contributed by atoms with Crippen LogP contribution in [0.3, 0.4) is 0 Å². The number of nitro groups is 1. The fourth-order valence-electron chi connectivity index (χ4n) is 2.58.